The van der Waals surface area contributed by atoms with Gasteiger partial charge in [0.25, 0.3) is 0 Å². The first-order valence-electron chi connectivity index (χ1n) is 8.82. The Labute approximate surface area is 133 Å². The van der Waals surface area contributed by atoms with Crippen molar-refractivity contribution < 1.29 is 4.42 Å². The third-order valence-corrected chi connectivity index (χ3v) is 4.62. The number of hydrogen-bond acceptors (Lipinski definition) is 3. The normalized spacial score (nSPS) is 18.9. The van der Waals surface area contributed by atoms with Gasteiger partial charge in [-0.25, -0.2) is 0 Å². The summed E-state index contributed by atoms with van der Waals surface area (Å²) in [6.45, 7) is 5.45. The number of hydrogen-bond donors (Lipinski definition) is 2. The summed E-state index contributed by atoms with van der Waals surface area (Å²) in [4.78, 5) is 0. The van der Waals surface area contributed by atoms with E-state index in [-0.39, 0.29) is 0 Å². The van der Waals surface area contributed by atoms with Gasteiger partial charge in [0.1, 0.15) is 11.3 Å². The fourth-order valence-electron chi connectivity index (χ4n) is 3.39. The van der Waals surface area contributed by atoms with Crippen molar-refractivity contribution in [2.75, 3.05) is 19.6 Å². The fourth-order valence-corrected chi connectivity index (χ4v) is 3.39. The summed E-state index contributed by atoms with van der Waals surface area (Å²) >= 11 is 0. The number of aryl methyl sites for hydroxylation is 1. The molecular formula is C19H28N2O. The van der Waals surface area contributed by atoms with E-state index in [1.807, 2.05) is 0 Å². The molecule has 0 radical (unpaired) electrons. The predicted molar refractivity (Wildman–Crippen MR) is 92.4 cm³/mol. The molecule has 3 nitrogen and oxygen atoms in total. The number of furan rings is 1. The van der Waals surface area contributed by atoms with Crippen LogP contribution in [-0.4, -0.2) is 25.7 Å². The van der Waals surface area contributed by atoms with E-state index < -0.39 is 0 Å². The number of piperazine rings is 1. The SMILES string of the molecule is CCCCCCc1oc2ccccc2c1CC1CNCCN1. The number of nitrogens with one attached hydrogen (secondary N) is 2. The Bertz CT molecular complexity index is 584. The molecule has 22 heavy (non-hydrogen) atoms. The zero-order chi connectivity index (χ0) is 15.2. The van der Waals surface area contributed by atoms with Gasteiger partial charge in [-0.15, -0.1) is 0 Å². The van der Waals surface area contributed by atoms with Crippen molar-refractivity contribution in [1.82, 2.24) is 10.6 Å². The Balaban J connectivity index is 1.77. The topological polar surface area (TPSA) is 37.2 Å². The monoisotopic (exact) mass is 300 g/mol. The molecule has 1 aromatic heterocycles. The molecule has 1 aliphatic rings. The number of para-hydroxylation sites is 1. The zero-order valence-electron chi connectivity index (χ0n) is 13.7. The van der Waals surface area contributed by atoms with Crippen LogP contribution >= 0.6 is 0 Å². The number of unbranched alkanes of at least 4 members (excludes halogenated alkanes) is 3. The lowest BCUT2D eigenvalue weighted by atomic mass is 9.99. The smallest absolute Gasteiger partial charge is 0.134 e. The van der Waals surface area contributed by atoms with E-state index in [2.05, 4.69) is 41.8 Å². The molecule has 0 spiro atoms. The minimum absolute atomic E-state index is 0.518. The van der Waals surface area contributed by atoms with Gasteiger partial charge in [-0.3, -0.25) is 0 Å². The molecule has 3 heteroatoms. The summed E-state index contributed by atoms with van der Waals surface area (Å²) < 4.78 is 6.17. The third-order valence-electron chi connectivity index (χ3n) is 4.62. The highest BCUT2D eigenvalue weighted by molar-refractivity contribution is 5.82. The minimum atomic E-state index is 0.518. The average Bonchev–Trinajstić information content (AvgIpc) is 2.91. The predicted octanol–water partition coefficient (Wildman–Crippen LogP) is 3.66. The van der Waals surface area contributed by atoms with E-state index in [4.69, 9.17) is 4.42 Å². The van der Waals surface area contributed by atoms with Crippen molar-refractivity contribution in [3.05, 3.63) is 35.6 Å². The lowest BCUT2D eigenvalue weighted by molar-refractivity contribution is 0.413. The largest absolute Gasteiger partial charge is 0.461 e. The molecule has 2 heterocycles. The molecule has 2 aromatic rings. The molecule has 0 amide bonds. The molecule has 0 aliphatic carbocycles. The molecule has 1 fully saturated rings. The van der Waals surface area contributed by atoms with Gasteiger partial charge in [-0.1, -0.05) is 44.4 Å². The maximum Gasteiger partial charge on any atom is 0.134 e. The van der Waals surface area contributed by atoms with Gasteiger partial charge < -0.3 is 15.1 Å². The molecule has 2 N–H and O–H groups in total. The summed E-state index contributed by atoms with van der Waals surface area (Å²) in [6.07, 6.45) is 7.28. The summed E-state index contributed by atoms with van der Waals surface area (Å²) in [5.74, 6) is 1.21. The standard InChI is InChI=1S/C19H28N2O/c1-2-3-4-5-9-19-17(13-15-14-20-11-12-21-15)16-8-6-7-10-18(16)22-19/h6-8,10,15,20-21H,2-5,9,11-14H2,1H3. The Hall–Kier alpha value is -1.32. The van der Waals surface area contributed by atoms with E-state index in [0.29, 0.717) is 6.04 Å². The van der Waals surface area contributed by atoms with Crippen LogP contribution in [0.4, 0.5) is 0 Å². The van der Waals surface area contributed by atoms with E-state index >= 15 is 0 Å². The van der Waals surface area contributed by atoms with Crippen LogP contribution < -0.4 is 10.6 Å². The first-order valence-corrected chi connectivity index (χ1v) is 8.82. The third kappa shape index (κ3) is 3.71. The summed E-state index contributed by atoms with van der Waals surface area (Å²) in [7, 11) is 0. The quantitative estimate of drug-likeness (QED) is 0.766. The van der Waals surface area contributed by atoms with Crippen molar-refractivity contribution in [1.29, 1.82) is 0 Å². The summed E-state index contributed by atoms with van der Waals surface area (Å²) in [5.41, 5.74) is 2.47. The molecule has 0 saturated carbocycles. The maximum atomic E-state index is 6.17. The van der Waals surface area contributed by atoms with Gasteiger partial charge in [-0.05, 0) is 18.9 Å². The first kappa shape index (κ1) is 15.6. The highest BCUT2D eigenvalue weighted by atomic mass is 16.3. The van der Waals surface area contributed by atoms with Crippen LogP contribution in [0.2, 0.25) is 0 Å². The van der Waals surface area contributed by atoms with Crippen molar-refractivity contribution in [3.63, 3.8) is 0 Å². The van der Waals surface area contributed by atoms with Crippen LogP contribution in [0, 0.1) is 0 Å². The van der Waals surface area contributed by atoms with Gasteiger partial charge in [0.2, 0.25) is 0 Å². The van der Waals surface area contributed by atoms with E-state index in [9.17, 15) is 0 Å². The molecule has 1 aromatic carbocycles. The van der Waals surface area contributed by atoms with Gasteiger partial charge in [0.15, 0.2) is 0 Å². The van der Waals surface area contributed by atoms with Crippen LogP contribution in [0.3, 0.4) is 0 Å². The summed E-state index contributed by atoms with van der Waals surface area (Å²) in [6, 6.07) is 9.01. The van der Waals surface area contributed by atoms with Crippen molar-refractivity contribution in [2.45, 2.75) is 51.5 Å². The fraction of sp³-hybridized carbons (Fsp3) is 0.579. The lowest BCUT2D eigenvalue weighted by Gasteiger charge is -2.24. The Morgan fingerprint density at radius 1 is 1.14 bits per heavy atom. The van der Waals surface area contributed by atoms with Crippen molar-refractivity contribution in [2.24, 2.45) is 0 Å². The van der Waals surface area contributed by atoms with Gasteiger partial charge >= 0.3 is 0 Å². The second-order valence-corrected chi connectivity index (χ2v) is 6.37. The van der Waals surface area contributed by atoms with E-state index in [0.717, 1.165) is 38.1 Å². The van der Waals surface area contributed by atoms with Crippen LogP contribution in [0.1, 0.15) is 43.9 Å². The number of rotatable bonds is 7. The van der Waals surface area contributed by atoms with Crippen LogP contribution in [0.25, 0.3) is 11.0 Å². The number of fused-ring (bicyclic) bond motifs is 1. The van der Waals surface area contributed by atoms with Crippen LogP contribution in [0.15, 0.2) is 28.7 Å². The molecule has 1 saturated heterocycles. The Morgan fingerprint density at radius 2 is 2.05 bits per heavy atom. The molecule has 0 bridgehead atoms. The van der Waals surface area contributed by atoms with E-state index in [1.54, 1.807) is 0 Å². The van der Waals surface area contributed by atoms with Gasteiger partial charge in [0.05, 0.1) is 0 Å². The highest BCUT2D eigenvalue weighted by Gasteiger charge is 2.19. The van der Waals surface area contributed by atoms with Gasteiger partial charge in [-0.2, -0.15) is 0 Å². The van der Waals surface area contributed by atoms with Crippen LogP contribution in [-0.2, 0) is 12.8 Å². The molecule has 3 rings (SSSR count). The molecule has 1 atom stereocenters. The van der Waals surface area contributed by atoms with Crippen molar-refractivity contribution in [3.8, 4) is 0 Å². The maximum absolute atomic E-state index is 6.17. The lowest BCUT2D eigenvalue weighted by Crippen LogP contribution is -2.49. The Kier molecular flexibility index (Phi) is 5.52. The second kappa shape index (κ2) is 7.80. The highest BCUT2D eigenvalue weighted by Crippen LogP contribution is 2.28. The molecule has 120 valence electrons. The minimum Gasteiger partial charge on any atom is -0.461 e. The molecule has 1 unspecified atom stereocenters. The van der Waals surface area contributed by atoms with Gasteiger partial charge in [0, 0.05) is 43.0 Å². The average molecular weight is 300 g/mol. The Morgan fingerprint density at radius 3 is 2.86 bits per heavy atom. The zero-order valence-corrected chi connectivity index (χ0v) is 13.7. The first-order chi connectivity index (χ1) is 10.9. The second-order valence-electron chi connectivity index (χ2n) is 6.37. The van der Waals surface area contributed by atoms with Crippen LogP contribution in [0.5, 0.6) is 0 Å². The molecule has 1 aliphatic heterocycles. The summed E-state index contributed by atoms with van der Waals surface area (Å²) in [5, 5.41) is 8.41. The van der Waals surface area contributed by atoms with Crippen molar-refractivity contribution >= 4 is 11.0 Å². The molecular weight excluding hydrogens is 272 g/mol. The van der Waals surface area contributed by atoms with E-state index in [1.165, 1.54) is 42.4 Å². The number of benzene rings is 1.